The van der Waals surface area contributed by atoms with E-state index in [1.165, 1.54) is 12.1 Å². The molecule has 0 aliphatic rings. The van der Waals surface area contributed by atoms with Crippen LogP contribution in [0.25, 0.3) is 0 Å². The highest BCUT2D eigenvalue weighted by Crippen LogP contribution is 2.18. The van der Waals surface area contributed by atoms with Gasteiger partial charge in [0.05, 0.1) is 5.02 Å². The van der Waals surface area contributed by atoms with Crippen LogP contribution < -0.4 is 0 Å². The van der Waals surface area contributed by atoms with Crippen LogP contribution in [0, 0.1) is 5.82 Å². The van der Waals surface area contributed by atoms with E-state index in [9.17, 15) is 9.18 Å². The topological polar surface area (TPSA) is 17.1 Å². The monoisotopic (exact) mass is 276 g/mol. The van der Waals surface area contributed by atoms with Crippen LogP contribution in [0.1, 0.15) is 34.8 Å². The number of hydrogen-bond donors (Lipinski definition) is 0. The molecule has 0 radical (unpaired) electrons. The van der Waals surface area contributed by atoms with Crippen molar-refractivity contribution in [1.82, 2.24) is 0 Å². The Hall–Kier alpha value is -1.67. The van der Waals surface area contributed by atoms with E-state index in [2.05, 4.69) is 6.92 Å². The molecule has 0 aliphatic carbocycles. The average Bonchev–Trinajstić information content (AvgIpc) is 2.42. The van der Waals surface area contributed by atoms with Gasteiger partial charge in [-0.2, -0.15) is 0 Å². The lowest BCUT2D eigenvalue weighted by atomic mass is 10.00. The highest BCUT2D eigenvalue weighted by Gasteiger charge is 2.11. The number of ketones is 1. The van der Waals surface area contributed by atoms with Crippen LogP contribution in [0.3, 0.4) is 0 Å². The fraction of sp³-hybridized carbons (Fsp3) is 0.188. The summed E-state index contributed by atoms with van der Waals surface area (Å²) in [4.78, 5) is 12.3. The molecular formula is C16H14ClFO. The highest BCUT2D eigenvalue weighted by atomic mass is 35.5. The number of halogens is 2. The van der Waals surface area contributed by atoms with Crippen LogP contribution in [0.4, 0.5) is 4.39 Å². The van der Waals surface area contributed by atoms with Crippen molar-refractivity contribution in [2.45, 2.75) is 19.8 Å². The molecule has 0 N–H and O–H groups in total. The minimum Gasteiger partial charge on any atom is -0.289 e. The first-order valence-corrected chi connectivity index (χ1v) is 6.58. The molecule has 98 valence electrons. The summed E-state index contributed by atoms with van der Waals surface area (Å²) in [7, 11) is 0. The van der Waals surface area contributed by atoms with E-state index in [0.717, 1.165) is 18.4 Å². The molecule has 0 aliphatic heterocycles. The second-order valence-electron chi connectivity index (χ2n) is 4.41. The molecule has 1 nitrogen and oxygen atoms in total. The van der Waals surface area contributed by atoms with Crippen molar-refractivity contribution in [1.29, 1.82) is 0 Å². The number of carbonyl (C=O) groups is 1. The van der Waals surface area contributed by atoms with Gasteiger partial charge in [-0.1, -0.05) is 43.1 Å². The molecular weight excluding hydrogens is 263 g/mol. The zero-order valence-electron chi connectivity index (χ0n) is 10.6. The SMILES string of the molecule is CCCc1cccc(C(=O)c2ccc(Cl)c(F)c2)c1. The van der Waals surface area contributed by atoms with E-state index in [-0.39, 0.29) is 10.8 Å². The zero-order valence-corrected chi connectivity index (χ0v) is 11.4. The van der Waals surface area contributed by atoms with Crippen molar-refractivity contribution in [3.05, 3.63) is 70.0 Å². The molecule has 0 saturated heterocycles. The van der Waals surface area contributed by atoms with E-state index in [1.807, 2.05) is 18.2 Å². The van der Waals surface area contributed by atoms with Gasteiger partial charge in [-0.05, 0) is 36.2 Å². The van der Waals surface area contributed by atoms with Crippen LogP contribution in [-0.4, -0.2) is 5.78 Å². The van der Waals surface area contributed by atoms with Gasteiger partial charge in [0.25, 0.3) is 0 Å². The summed E-state index contributed by atoms with van der Waals surface area (Å²) in [5, 5.41) is 0.0243. The Morgan fingerprint density at radius 3 is 2.58 bits per heavy atom. The Bertz CT molecular complexity index is 607. The molecule has 3 heteroatoms. The molecule has 0 spiro atoms. The molecule has 0 bridgehead atoms. The fourth-order valence-corrected chi connectivity index (χ4v) is 2.08. The molecule has 0 atom stereocenters. The molecule has 0 unspecified atom stereocenters. The number of hydrogen-bond acceptors (Lipinski definition) is 1. The predicted octanol–water partition coefficient (Wildman–Crippen LogP) is 4.66. The summed E-state index contributed by atoms with van der Waals surface area (Å²) >= 11 is 5.61. The molecule has 0 saturated carbocycles. The largest absolute Gasteiger partial charge is 0.289 e. The molecule has 2 aromatic rings. The van der Waals surface area contributed by atoms with Crippen molar-refractivity contribution >= 4 is 17.4 Å². The molecule has 19 heavy (non-hydrogen) atoms. The van der Waals surface area contributed by atoms with Gasteiger partial charge in [0.1, 0.15) is 5.82 Å². The second-order valence-corrected chi connectivity index (χ2v) is 4.82. The molecule has 0 aromatic heterocycles. The summed E-state index contributed by atoms with van der Waals surface area (Å²) in [6.07, 6.45) is 1.95. The van der Waals surface area contributed by atoms with Gasteiger partial charge >= 0.3 is 0 Å². The van der Waals surface area contributed by atoms with E-state index in [0.29, 0.717) is 11.1 Å². The van der Waals surface area contributed by atoms with E-state index in [1.54, 1.807) is 12.1 Å². The van der Waals surface area contributed by atoms with Crippen LogP contribution in [0.15, 0.2) is 42.5 Å². The van der Waals surface area contributed by atoms with Gasteiger partial charge in [-0.3, -0.25) is 4.79 Å². The Kier molecular flexibility index (Phi) is 4.33. The average molecular weight is 277 g/mol. The van der Waals surface area contributed by atoms with Crippen molar-refractivity contribution in [2.75, 3.05) is 0 Å². The quantitative estimate of drug-likeness (QED) is 0.742. The van der Waals surface area contributed by atoms with Gasteiger partial charge in [-0.25, -0.2) is 4.39 Å². The van der Waals surface area contributed by atoms with Crippen LogP contribution in [0.5, 0.6) is 0 Å². The third kappa shape index (κ3) is 3.21. The minimum absolute atomic E-state index is 0.0243. The Morgan fingerprint density at radius 2 is 1.89 bits per heavy atom. The Labute approximate surface area is 117 Å². The third-order valence-corrected chi connectivity index (χ3v) is 3.22. The lowest BCUT2D eigenvalue weighted by Crippen LogP contribution is -2.02. The normalized spacial score (nSPS) is 10.5. The predicted molar refractivity (Wildman–Crippen MR) is 75.3 cm³/mol. The molecule has 0 heterocycles. The second kappa shape index (κ2) is 5.98. The summed E-state index contributed by atoms with van der Waals surface area (Å²) in [6.45, 7) is 2.09. The van der Waals surface area contributed by atoms with Gasteiger partial charge in [0.15, 0.2) is 5.78 Å². The third-order valence-electron chi connectivity index (χ3n) is 2.91. The van der Waals surface area contributed by atoms with Crippen molar-refractivity contribution < 1.29 is 9.18 Å². The van der Waals surface area contributed by atoms with Crippen molar-refractivity contribution in [3.8, 4) is 0 Å². The smallest absolute Gasteiger partial charge is 0.193 e. The lowest BCUT2D eigenvalue weighted by Gasteiger charge is -2.05. The molecule has 2 rings (SSSR count). The molecule has 0 fully saturated rings. The van der Waals surface area contributed by atoms with Crippen molar-refractivity contribution in [3.63, 3.8) is 0 Å². The summed E-state index contributed by atoms with van der Waals surface area (Å²) in [5.41, 5.74) is 2.01. The Morgan fingerprint density at radius 1 is 1.16 bits per heavy atom. The zero-order chi connectivity index (χ0) is 13.8. The first kappa shape index (κ1) is 13.8. The van der Waals surface area contributed by atoms with Crippen LogP contribution >= 0.6 is 11.6 Å². The highest BCUT2D eigenvalue weighted by molar-refractivity contribution is 6.30. The lowest BCUT2D eigenvalue weighted by molar-refractivity contribution is 0.103. The number of aryl methyl sites for hydroxylation is 1. The minimum atomic E-state index is -0.572. The summed E-state index contributed by atoms with van der Waals surface area (Å²) < 4.78 is 13.4. The van der Waals surface area contributed by atoms with Crippen LogP contribution in [0.2, 0.25) is 5.02 Å². The van der Waals surface area contributed by atoms with Gasteiger partial charge in [0, 0.05) is 11.1 Å². The standard InChI is InChI=1S/C16H14ClFO/c1-2-4-11-5-3-6-12(9-11)16(19)13-7-8-14(17)15(18)10-13/h3,5-10H,2,4H2,1H3. The molecule has 2 aromatic carbocycles. The van der Waals surface area contributed by atoms with Gasteiger partial charge in [-0.15, -0.1) is 0 Å². The van der Waals surface area contributed by atoms with Crippen molar-refractivity contribution in [2.24, 2.45) is 0 Å². The maximum atomic E-state index is 13.4. The summed E-state index contributed by atoms with van der Waals surface area (Å²) in [6, 6.07) is 11.6. The maximum Gasteiger partial charge on any atom is 0.193 e. The van der Waals surface area contributed by atoms with Gasteiger partial charge < -0.3 is 0 Å². The van der Waals surface area contributed by atoms with Crippen LogP contribution in [-0.2, 0) is 6.42 Å². The number of rotatable bonds is 4. The first-order valence-electron chi connectivity index (χ1n) is 6.20. The van der Waals surface area contributed by atoms with E-state index >= 15 is 0 Å². The first-order chi connectivity index (χ1) is 9.11. The fourth-order valence-electron chi connectivity index (χ4n) is 1.96. The number of carbonyl (C=O) groups excluding carboxylic acids is 1. The summed E-state index contributed by atoms with van der Waals surface area (Å²) in [5.74, 6) is -0.759. The maximum absolute atomic E-state index is 13.4. The van der Waals surface area contributed by atoms with Gasteiger partial charge in [0.2, 0.25) is 0 Å². The van der Waals surface area contributed by atoms with E-state index in [4.69, 9.17) is 11.6 Å². The van der Waals surface area contributed by atoms with E-state index < -0.39 is 5.82 Å². The Balaban J connectivity index is 2.32. The molecule has 0 amide bonds. The number of benzene rings is 2.